The number of aromatic nitrogens is 2. The number of aryl methyl sites for hydroxylation is 1. The van der Waals surface area contributed by atoms with Gasteiger partial charge in [-0.15, -0.1) is 0 Å². The first-order valence-corrected chi connectivity index (χ1v) is 9.44. The number of hydrogen-bond acceptors (Lipinski definition) is 4. The summed E-state index contributed by atoms with van der Waals surface area (Å²) >= 11 is 0. The van der Waals surface area contributed by atoms with Gasteiger partial charge in [-0.1, -0.05) is 30.3 Å². The van der Waals surface area contributed by atoms with Crippen LogP contribution in [0.25, 0.3) is 0 Å². The van der Waals surface area contributed by atoms with Crippen LogP contribution in [0.1, 0.15) is 24.2 Å². The highest BCUT2D eigenvalue weighted by atomic mass is 16.2. The number of nitrogens with zero attached hydrogens (tertiary/aromatic N) is 4. The number of imidazole rings is 1. The number of hydrogen-bond donors (Lipinski definition) is 1. The molecule has 3 amide bonds. The van der Waals surface area contributed by atoms with Gasteiger partial charge in [0.1, 0.15) is 11.4 Å². The Morgan fingerprint density at radius 1 is 1.15 bits per heavy atom. The van der Waals surface area contributed by atoms with Gasteiger partial charge in [0.05, 0.1) is 0 Å². The number of carbonyl (C=O) groups excluding carboxylic acids is 2. The maximum absolute atomic E-state index is 12.7. The van der Waals surface area contributed by atoms with Crippen LogP contribution in [-0.2, 0) is 24.8 Å². The van der Waals surface area contributed by atoms with Crippen molar-refractivity contribution in [1.82, 2.24) is 24.7 Å². The van der Waals surface area contributed by atoms with E-state index < -0.39 is 5.54 Å². The quantitative estimate of drug-likeness (QED) is 0.814. The third-order valence-corrected chi connectivity index (χ3v) is 5.84. The van der Waals surface area contributed by atoms with Gasteiger partial charge in [-0.2, -0.15) is 0 Å². The number of urea groups is 1. The minimum Gasteiger partial charge on any atom is -0.338 e. The molecule has 0 saturated carbocycles. The highest BCUT2D eigenvalue weighted by Gasteiger charge is 2.53. The van der Waals surface area contributed by atoms with E-state index in [1.54, 1.807) is 4.90 Å². The first-order valence-electron chi connectivity index (χ1n) is 9.44. The summed E-state index contributed by atoms with van der Waals surface area (Å²) in [5, 5.41) is 2.54. The second-order valence-corrected chi connectivity index (χ2v) is 7.41. The van der Waals surface area contributed by atoms with Crippen LogP contribution in [0.3, 0.4) is 0 Å². The van der Waals surface area contributed by atoms with Crippen molar-refractivity contribution in [3.63, 3.8) is 0 Å². The molecule has 1 spiro atoms. The fourth-order valence-electron chi connectivity index (χ4n) is 4.13. The Balaban J connectivity index is 1.42. The Bertz CT molecular complexity index is 824. The zero-order chi connectivity index (χ0) is 18.9. The van der Waals surface area contributed by atoms with Crippen LogP contribution in [0.15, 0.2) is 42.7 Å². The Labute approximate surface area is 159 Å². The Morgan fingerprint density at radius 2 is 1.89 bits per heavy atom. The summed E-state index contributed by atoms with van der Waals surface area (Å²) in [6, 6.07) is 9.58. The standard InChI is InChI=1S/C20H25N5O2/c1-23-14-10-21-17(23)7-11-24-12-8-20(9-13-24)18(26)22-19(27)25(20)15-16-5-3-2-4-6-16/h2-6,10,14H,7-9,11-13,15H2,1H3,(H,22,26,27). The van der Waals surface area contributed by atoms with Gasteiger partial charge < -0.3 is 14.4 Å². The van der Waals surface area contributed by atoms with Crippen molar-refractivity contribution in [2.45, 2.75) is 31.3 Å². The van der Waals surface area contributed by atoms with E-state index in [1.165, 1.54) is 0 Å². The van der Waals surface area contributed by atoms with E-state index in [0.29, 0.717) is 19.4 Å². The number of likely N-dealkylation sites (tertiary alicyclic amines) is 1. The van der Waals surface area contributed by atoms with E-state index in [4.69, 9.17) is 0 Å². The first kappa shape index (κ1) is 17.7. The van der Waals surface area contributed by atoms with Gasteiger partial charge in [0.15, 0.2) is 0 Å². The maximum atomic E-state index is 12.7. The van der Waals surface area contributed by atoms with Crippen LogP contribution < -0.4 is 5.32 Å². The van der Waals surface area contributed by atoms with Crippen LogP contribution in [0.5, 0.6) is 0 Å². The van der Waals surface area contributed by atoms with Gasteiger partial charge >= 0.3 is 6.03 Å². The van der Waals surface area contributed by atoms with Crippen LogP contribution in [-0.4, -0.2) is 56.5 Å². The maximum Gasteiger partial charge on any atom is 0.325 e. The van der Waals surface area contributed by atoms with Crippen molar-refractivity contribution >= 4 is 11.9 Å². The van der Waals surface area contributed by atoms with Crippen molar-refractivity contribution in [2.75, 3.05) is 19.6 Å². The van der Waals surface area contributed by atoms with Gasteiger partial charge in [-0.3, -0.25) is 10.1 Å². The lowest BCUT2D eigenvalue weighted by Crippen LogP contribution is -2.56. The Morgan fingerprint density at radius 3 is 2.56 bits per heavy atom. The summed E-state index contributed by atoms with van der Waals surface area (Å²) in [7, 11) is 2.00. The minimum absolute atomic E-state index is 0.146. The van der Waals surface area contributed by atoms with Crippen LogP contribution in [0.2, 0.25) is 0 Å². The molecular formula is C20H25N5O2. The van der Waals surface area contributed by atoms with Crippen LogP contribution >= 0.6 is 0 Å². The average Bonchev–Trinajstić information content (AvgIpc) is 3.19. The van der Waals surface area contributed by atoms with Gasteiger partial charge in [-0.25, -0.2) is 9.78 Å². The summed E-state index contributed by atoms with van der Waals surface area (Å²) in [4.78, 5) is 33.6. The Hall–Kier alpha value is -2.67. The van der Waals surface area contributed by atoms with Crippen LogP contribution in [0.4, 0.5) is 4.79 Å². The molecule has 1 N–H and O–H groups in total. The fraction of sp³-hybridized carbons (Fsp3) is 0.450. The number of rotatable bonds is 5. The first-order chi connectivity index (χ1) is 13.1. The number of carbonyl (C=O) groups is 2. The molecule has 142 valence electrons. The molecule has 3 heterocycles. The van der Waals surface area contributed by atoms with Gasteiger partial charge in [0.25, 0.3) is 5.91 Å². The highest BCUT2D eigenvalue weighted by molar-refractivity contribution is 6.07. The number of amides is 3. The topological polar surface area (TPSA) is 70.5 Å². The van der Waals surface area contributed by atoms with E-state index in [9.17, 15) is 9.59 Å². The number of piperidine rings is 1. The molecule has 0 atom stereocenters. The van der Waals surface area contributed by atoms with E-state index in [-0.39, 0.29) is 11.9 Å². The molecule has 2 aromatic rings. The molecular weight excluding hydrogens is 342 g/mol. The van der Waals surface area contributed by atoms with E-state index in [2.05, 4.69) is 15.2 Å². The lowest BCUT2D eigenvalue weighted by molar-refractivity contribution is -0.129. The fourth-order valence-corrected chi connectivity index (χ4v) is 4.13. The zero-order valence-electron chi connectivity index (χ0n) is 15.6. The predicted molar refractivity (Wildman–Crippen MR) is 101 cm³/mol. The molecule has 7 nitrogen and oxygen atoms in total. The Kier molecular flexibility index (Phi) is 4.70. The zero-order valence-corrected chi connectivity index (χ0v) is 15.6. The number of imide groups is 1. The third kappa shape index (κ3) is 3.35. The summed E-state index contributed by atoms with van der Waals surface area (Å²) in [5.74, 6) is 0.918. The molecule has 1 aromatic carbocycles. The lowest BCUT2D eigenvalue weighted by atomic mass is 9.85. The molecule has 0 radical (unpaired) electrons. The van der Waals surface area contributed by atoms with E-state index >= 15 is 0 Å². The molecule has 0 bridgehead atoms. The molecule has 0 aliphatic carbocycles. The SMILES string of the molecule is Cn1ccnc1CCN1CCC2(CC1)C(=O)NC(=O)N2Cc1ccccc1. The minimum atomic E-state index is -0.716. The predicted octanol–water partition coefficient (Wildman–Crippen LogP) is 1.55. The molecule has 27 heavy (non-hydrogen) atoms. The molecule has 2 aliphatic rings. The summed E-state index contributed by atoms with van der Waals surface area (Å²) in [6.07, 6.45) is 5.98. The number of nitrogens with one attached hydrogen (secondary N) is 1. The summed E-state index contributed by atoms with van der Waals surface area (Å²) in [6.45, 7) is 2.98. The van der Waals surface area contributed by atoms with Crippen LogP contribution in [0, 0.1) is 0 Å². The molecule has 2 saturated heterocycles. The van der Waals surface area contributed by atoms with E-state index in [1.807, 2.05) is 54.3 Å². The highest BCUT2D eigenvalue weighted by Crippen LogP contribution is 2.34. The molecule has 1 aromatic heterocycles. The normalized spacial score (nSPS) is 19.7. The van der Waals surface area contributed by atoms with Crippen molar-refractivity contribution in [2.24, 2.45) is 7.05 Å². The summed E-state index contributed by atoms with van der Waals surface area (Å²) < 4.78 is 2.04. The van der Waals surface area contributed by atoms with Crippen molar-refractivity contribution < 1.29 is 9.59 Å². The molecule has 2 fully saturated rings. The van der Waals surface area contributed by atoms with Crippen molar-refractivity contribution in [3.8, 4) is 0 Å². The summed E-state index contributed by atoms with van der Waals surface area (Å²) in [5.41, 5.74) is 0.325. The second-order valence-electron chi connectivity index (χ2n) is 7.41. The van der Waals surface area contributed by atoms with Crippen molar-refractivity contribution in [1.29, 1.82) is 0 Å². The van der Waals surface area contributed by atoms with Crippen molar-refractivity contribution in [3.05, 3.63) is 54.1 Å². The molecule has 7 heteroatoms. The average molecular weight is 367 g/mol. The largest absolute Gasteiger partial charge is 0.338 e. The smallest absolute Gasteiger partial charge is 0.325 e. The number of benzene rings is 1. The molecule has 2 aliphatic heterocycles. The van der Waals surface area contributed by atoms with Gasteiger partial charge in [0, 0.05) is 52.0 Å². The second kappa shape index (κ2) is 7.15. The lowest BCUT2D eigenvalue weighted by Gasteiger charge is -2.42. The van der Waals surface area contributed by atoms with E-state index in [0.717, 1.165) is 37.4 Å². The van der Waals surface area contributed by atoms with Gasteiger partial charge in [0.2, 0.25) is 0 Å². The van der Waals surface area contributed by atoms with Gasteiger partial charge in [-0.05, 0) is 18.4 Å². The third-order valence-electron chi connectivity index (χ3n) is 5.84. The monoisotopic (exact) mass is 367 g/mol. The molecule has 4 rings (SSSR count). The molecule has 0 unspecified atom stereocenters.